The fourth-order valence-electron chi connectivity index (χ4n) is 2.15. The Labute approximate surface area is 154 Å². The van der Waals surface area contributed by atoms with Crippen molar-refractivity contribution in [2.45, 2.75) is 4.90 Å². The smallest absolute Gasteiger partial charge is 0.238 e. The fourth-order valence-corrected chi connectivity index (χ4v) is 3.41. The highest BCUT2D eigenvalue weighted by molar-refractivity contribution is 7.89. The number of hydrogen-bond acceptors (Lipinski definition) is 8. The molecule has 0 atom stereocenters. The number of thiazole rings is 1. The van der Waals surface area contributed by atoms with E-state index in [2.05, 4.69) is 15.3 Å². The van der Waals surface area contributed by atoms with E-state index in [1.165, 1.54) is 37.7 Å². The second kappa shape index (κ2) is 7.28. The molecule has 0 fully saturated rings. The number of ether oxygens (including phenoxy) is 2. The average molecular weight is 392 g/mol. The molecule has 0 radical (unpaired) electrons. The molecule has 0 aliphatic heterocycles. The van der Waals surface area contributed by atoms with Crippen LogP contribution in [-0.4, -0.2) is 32.6 Å². The molecule has 3 aromatic rings. The van der Waals surface area contributed by atoms with Gasteiger partial charge in [-0.1, -0.05) is 0 Å². The second-order valence-electron chi connectivity index (χ2n) is 5.17. The van der Waals surface area contributed by atoms with Gasteiger partial charge in [-0.3, -0.25) is 0 Å². The Morgan fingerprint density at radius 2 is 1.65 bits per heavy atom. The number of pyridine rings is 1. The molecule has 26 heavy (non-hydrogen) atoms. The third kappa shape index (κ3) is 4.10. The van der Waals surface area contributed by atoms with Crippen molar-refractivity contribution in [3.63, 3.8) is 0 Å². The van der Waals surface area contributed by atoms with E-state index in [0.29, 0.717) is 22.6 Å². The molecule has 0 spiro atoms. The van der Waals surface area contributed by atoms with E-state index in [-0.39, 0.29) is 4.90 Å². The van der Waals surface area contributed by atoms with Crippen molar-refractivity contribution < 1.29 is 17.9 Å². The summed E-state index contributed by atoms with van der Waals surface area (Å²) in [6.07, 6.45) is 0. The van der Waals surface area contributed by atoms with Crippen molar-refractivity contribution in [2.24, 2.45) is 5.14 Å². The third-order valence-electron chi connectivity index (χ3n) is 3.43. The Kier molecular flexibility index (Phi) is 5.07. The van der Waals surface area contributed by atoms with Crippen molar-refractivity contribution in [2.75, 3.05) is 19.5 Å². The first-order valence-electron chi connectivity index (χ1n) is 7.35. The maximum absolute atomic E-state index is 11.3. The Bertz CT molecular complexity index is 995. The Balaban J connectivity index is 1.82. The van der Waals surface area contributed by atoms with Crippen LogP contribution in [0, 0.1) is 0 Å². The number of anilines is 2. The van der Waals surface area contributed by atoms with Crippen molar-refractivity contribution in [3.8, 4) is 23.0 Å². The lowest BCUT2D eigenvalue weighted by Crippen LogP contribution is -2.11. The summed E-state index contributed by atoms with van der Waals surface area (Å²) in [6, 6.07) is 9.65. The zero-order valence-electron chi connectivity index (χ0n) is 14.0. The van der Waals surface area contributed by atoms with Gasteiger partial charge in [-0.2, -0.15) is 4.98 Å². The molecule has 0 aliphatic carbocycles. The molecule has 3 N–H and O–H groups in total. The highest BCUT2D eigenvalue weighted by atomic mass is 32.2. The van der Waals surface area contributed by atoms with Crippen LogP contribution in [0.15, 0.2) is 46.7 Å². The molecular weight excluding hydrogens is 376 g/mol. The molecular formula is C16H16N4O4S2. The van der Waals surface area contributed by atoms with Crippen LogP contribution in [0.3, 0.4) is 0 Å². The molecule has 8 nitrogen and oxygen atoms in total. The van der Waals surface area contributed by atoms with Crippen LogP contribution in [0.5, 0.6) is 11.8 Å². The van der Waals surface area contributed by atoms with Gasteiger partial charge in [0.15, 0.2) is 5.13 Å². The van der Waals surface area contributed by atoms with Gasteiger partial charge in [-0.05, 0) is 24.3 Å². The first-order chi connectivity index (χ1) is 12.4. The summed E-state index contributed by atoms with van der Waals surface area (Å²) in [4.78, 5) is 8.73. The zero-order valence-corrected chi connectivity index (χ0v) is 15.6. The fraction of sp³-hybridized carbons (Fsp3) is 0.125. The van der Waals surface area contributed by atoms with E-state index in [1.807, 2.05) is 5.38 Å². The van der Waals surface area contributed by atoms with Crippen LogP contribution >= 0.6 is 11.3 Å². The van der Waals surface area contributed by atoms with Crippen LogP contribution < -0.4 is 19.9 Å². The van der Waals surface area contributed by atoms with Crippen molar-refractivity contribution in [3.05, 3.63) is 41.8 Å². The van der Waals surface area contributed by atoms with E-state index in [1.54, 1.807) is 24.3 Å². The molecule has 2 heterocycles. The molecule has 0 unspecified atom stereocenters. The maximum Gasteiger partial charge on any atom is 0.238 e. The lowest BCUT2D eigenvalue weighted by Gasteiger charge is -2.06. The quantitative estimate of drug-likeness (QED) is 0.662. The molecule has 0 aliphatic rings. The second-order valence-corrected chi connectivity index (χ2v) is 7.59. The average Bonchev–Trinajstić information content (AvgIpc) is 3.09. The number of benzene rings is 1. The number of nitrogens with one attached hydrogen (secondary N) is 1. The summed E-state index contributed by atoms with van der Waals surface area (Å²) in [5.41, 5.74) is 2.24. The van der Waals surface area contributed by atoms with Gasteiger partial charge in [0.05, 0.1) is 24.8 Å². The lowest BCUT2D eigenvalue weighted by atomic mass is 10.2. The van der Waals surface area contributed by atoms with Crippen LogP contribution in [0.25, 0.3) is 11.3 Å². The summed E-state index contributed by atoms with van der Waals surface area (Å²) < 4.78 is 32.9. The standard InChI is InChI=1S/C16H16N4O4S2/c1-23-14-7-10(8-15(20-14)24-2)13-9-25-16(19-13)18-11-3-5-12(6-4-11)26(17,21)22/h3-9H,1-2H3,(H,18,19)(H2,17,21,22). The normalized spacial score (nSPS) is 11.2. The van der Waals surface area contributed by atoms with Crippen LogP contribution in [-0.2, 0) is 10.0 Å². The highest BCUT2D eigenvalue weighted by Crippen LogP contribution is 2.30. The summed E-state index contributed by atoms with van der Waals surface area (Å²) in [5, 5.41) is 10.7. The topological polar surface area (TPSA) is 116 Å². The van der Waals surface area contributed by atoms with Gasteiger partial charge in [0.2, 0.25) is 21.8 Å². The van der Waals surface area contributed by atoms with E-state index in [4.69, 9.17) is 14.6 Å². The third-order valence-corrected chi connectivity index (χ3v) is 5.12. The van der Waals surface area contributed by atoms with Crippen molar-refractivity contribution in [1.29, 1.82) is 0 Å². The first-order valence-corrected chi connectivity index (χ1v) is 9.77. The van der Waals surface area contributed by atoms with Gasteiger partial charge >= 0.3 is 0 Å². The van der Waals surface area contributed by atoms with Crippen LogP contribution in [0.4, 0.5) is 10.8 Å². The van der Waals surface area contributed by atoms with Gasteiger partial charge in [0, 0.05) is 28.8 Å². The molecule has 0 saturated carbocycles. The Morgan fingerprint density at radius 1 is 1.04 bits per heavy atom. The van der Waals surface area contributed by atoms with E-state index in [0.717, 1.165) is 11.3 Å². The Hall–Kier alpha value is -2.69. The van der Waals surface area contributed by atoms with Crippen LogP contribution in [0.2, 0.25) is 0 Å². The molecule has 10 heteroatoms. The predicted molar refractivity (Wildman–Crippen MR) is 99.5 cm³/mol. The predicted octanol–water partition coefficient (Wildman–Crippen LogP) is 2.61. The van der Waals surface area contributed by atoms with Gasteiger partial charge in [0.25, 0.3) is 0 Å². The van der Waals surface area contributed by atoms with Crippen molar-refractivity contribution in [1.82, 2.24) is 9.97 Å². The maximum atomic E-state index is 11.3. The van der Waals surface area contributed by atoms with Gasteiger partial charge in [0.1, 0.15) is 0 Å². The van der Waals surface area contributed by atoms with Gasteiger partial charge < -0.3 is 14.8 Å². The zero-order chi connectivity index (χ0) is 18.7. The molecule has 0 bridgehead atoms. The molecule has 136 valence electrons. The summed E-state index contributed by atoms with van der Waals surface area (Å²) in [5.74, 6) is 0.862. The number of primary sulfonamides is 1. The molecule has 0 saturated heterocycles. The number of nitrogens with zero attached hydrogens (tertiary/aromatic N) is 2. The van der Waals surface area contributed by atoms with Gasteiger partial charge in [-0.15, -0.1) is 11.3 Å². The molecule has 0 amide bonds. The minimum absolute atomic E-state index is 0.0545. The molecule has 1 aromatic carbocycles. The van der Waals surface area contributed by atoms with E-state index < -0.39 is 10.0 Å². The monoisotopic (exact) mass is 392 g/mol. The van der Waals surface area contributed by atoms with E-state index >= 15 is 0 Å². The van der Waals surface area contributed by atoms with Crippen molar-refractivity contribution >= 4 is 32.2 Å². The number of methoxy groups -OCH3 is 2. The number of aromatic nitrogens is 2. The number of rotatable bonds is 6. The largest absolute Gasteiger partial charge is 0.481 e. The minimum atomic E-state index is -3.71. The number of hydrogen-bond donors (Lipinski definition) is 2. The van der Waals surface area contributed by atoms with E-state index in [9.17, 15) is 8.42 Å². The number of nitrogens with two attached hydrogens (primary N) is 1. The van der Waals surface area contributed by atoms with Crippen LogP contribution in [0.1, 0.15) is 0 Å². The molecule has 3 rings (SSSR count). The first kappa shape index (κ1) is 18.1. The minimum Gasteiger partial charge on any atom is -0.481 e. The summed E-state index contributed by atoms with van der Waals surface area (Å²) in [6.45, 7) is 0. The SMILES string of the molecule is COc1cc(-c2csc(Nc3ccc(S(N)(=O)=O)cc3)n2)cc(OC)n1. The molecule has 2 aromatic heterocycles. The number of sulfonamides is 1. The summed E-state index contributed by atoms with van der Waals surface area (Å²) >= 11 is 1.41. The summed E-state index contributed by atoms with van der Waals surface area (Å²) in [7, 11) is -0.643. The lowest BCUT2D eigenvalue weighted by molar-refractivity contribution is 0.365. The Morgan fingerprint density at radius 3 is 2.19 bits per heavy atom. The van der Waals surface area contributed by atoms with Gasteiger partial charge in [-0.25, -0.2) is 18.5 Å². The highest BCUT2D eigenvalue weighted by Gasteiger charge is 2.11.